The van der Waals surface area contributed by atoms with Crippen LogP contribution in [0.3, 0.4) is 0 Å². The second kappa shape index (κ2) is 5.95. The second-order valence-corrected chi connectivity index (χ2v) is 4.29. The van der Waals surface area contributed by atoms with E-state index in [-0.39, 0.29) is 11.4 Å². The van der Waals surface area contributed by atoms with Crippen LogP contribution in [0.5, 0.6) is 0 Å². The van der Waals surface area contributed by atoms with E-state index in [1.54, 1.807) is 0 Å². The van der Waals surface area contributed by atoms with Gasteiger partial charge in [-0.2, -0.15) is 0 Å². The highest BCUT2D eigenvalue weighted by molar-refractivity contribution is 9.09. The van der Waals surface area contributed by atoms with Gasteiger partial charge < -0.3 is 21.1 Å². The van der Waals surface area contributed by atoms with Gasteiger partial charge in [0.25, 0.3) is 0 Å². The summed E-state index contributed by atoms with van der Waals surface area (Å²) in [6, 6.07) is 1.30. The lowest BCUT2D eigenvalue weighted by Gasteiger charge is -2.17. The number of aromatic carboxylic acids is 1. The molecule has 0 aliphatic carbocycles. The Morgan fingerprint density at radius 2 is 2.18 bits per heavy atom. The van der Waals surface area contributed by atoms with Gasteiger partial charge in [0.05, 0.1) is 11.8 Å². The van der Waals surface area contributed by atoms with Crippen molar-refractivity contribution >= 4 is 27.6 Å². The molecule has 0 spiro atoms. The van der Waals surface area contributed by atoms with Gasteiger partial charge in [0, 0.05) is 17.1 Å². The molecule has 2 unspecified atom stereocenters. The molecular formula is C10H13BrN2O4. The van der Waals surface area contributed by atoms with Gasteiger partial charge in [-0.15, -0.1) is 0 Å². The normalized spacial score (nSPS) is 14.3. The molecule has 0 amide bonds. The molecule has 0 radical (unpaired) electrons. The van der Waals surface area contributed by atoms with E-state index in [0.717, 1.165) is 0 Å². The number of aliphatic hydroxyl groups excluding tert-OH is 2. The smallest absolute Gasteiger partial charge is 0.356 e. The summed E-state index contributed by atoms with van der Waals surface area (Å²) in [7, 11) is 0. The molecule has 7 heteroatoms. The maximum absolute atomic E-state index is 10.7. The first-order valence-electron chi connectivity index (χ1n) is 4.88. The van der Waals surface area contributed by atoms with E-state index in [4.69, 9.17) is 10.8 Å². The standard InChI is InChI=1S/C10H13BrN2O4/c11-2-1-7(14)9(15)5-3-6(12)8(10(16)17)13-4-5/h3-4,7,9,14-15H,1-2,12H2,(H,16,17). The van der Waals surface area contributed by atoms with E-state index in [2.05, 4.69) is 20.9 Å². The topological polar surface area (TPSA) is 117 Å². The number of halogens is 1. The summed E-state index contributed by atoms with van der Waals surface area (Å²) < 4.78 is 0. The molecule has 94 valence electrons. The second-order valence-electron chi connectivity index (χ2n) is 3.50. The number of carboxylic acid groups (broad SMARTS) is 1. The predicted octanol–water partition coefficient (Wildman–Crippen LogP) is 0.541. The molecule has 1 rings (SSSR count). The molecule has 0 aliphatic heterocycles. The van der Waals surface area contributed by atoms with Crippen molar-refractivity contribution in [1.29, 1.82) is 0 Å². The maximum Gasteiger partial charge on any atom is 0.356 e. The van der Waals surface area contributed by atoms with Crippen molar-refractivity contribution in [3.8, 4) is 0 Å². The van der Waals surface area contributed by atoms with Crippen LogP contribution in [-0.2, 0) is 0 Å². The van der Waals surface area contributed by atoms with E-state index in [9.17, 15) is 15.0 Å². The predicted molar refractivity (Wildman–Crippen MR) is 65.0 cm³/mol. The van der Waals surface area contributed by atoms with Gasteiger partial charge in [-0.05, 0) is 12.5 Å². The monoisotopic (exact) mass is 304 g/mol. The van der Waals surface area contributed by atoms with Crippen LogP contribution in [0.1, 0.15) is 28.6 Å². The lowest BCUT2D eigenvalue weighted by atomic mass is 10.0. The van der Waals surface area contributed by atoms with Crippen molar-refractivity contribution in [2.45, 2.75) is 18.6 Å². The van der Waals surface area contributed by atoms with Crippen molar-refractivity contribution in [1.82, 2.24) is 4.98 Å². The molecule has 0 saturated carbocycles. The summed E-state index contributed by atoms with van der Waals surface area (Å²) in [6.45, 7) is 0. The minimum atomic E-state index is -1.23. The number of hydrogen-bond donors (Lipinski definition) is 4. The zero-order chi connectivity index (χ0) is 13.0. The van der Waals surface area contributed by atoms with Gasteiger partial charge in [0.1, 0.15) is 6.10 Å². The molecule has 1 aromatic heterocycles. The number of carbonyl (C=O) groups is 1. The van der Waals surface area contributed by atoms with E-state index in [0.29, 0.717) is 17.3 Å². The Labute approximate surface area is 106 Å². The summed E-state index contributed by atoms with van der Waals surface area (Å²) >= 11 is 3.15. The SMILES string of the molecule is Nc1cc(C(O)C(O)CCBr)cnc1C(=O)O. The Bertz CT molecular complexity index is 413. The Hall–Kier alpha value is -1.18. The molecule has 0 saturated heterocycles. The Morgan fingerprint density at radius 1 is 1.53 bits per heavy atom. The Morgan fingerprint density at radius 3 is 2.65 bits per heavy atom. The minimum Gasteiger partial charge on any atom is -0.476 e. The Kier molecular flexibility index (Phi) is 4.86. The third kappa shape index (κ3) is 3.39. The zero-order valence-electron chi connectivity index (χ0n) is 8.88. The molecule has 0 fully saturated rings. The summed E-state index contributed by atoms with van der Waals surface area (Å²) in [5.41, 5.74) is 5.47. The third-order valence-electron chi connectivity index (χ3n) is 2.25. The van der Waals surface area contributed by atoms with Crippen LogP contribution in [-0.4, -0.2) is 37.7 Å². The molecule has 6 nitrogen and oxygen atoms in total. The number of rotatable bonds is 5. The summed E-state index contributed by atoms with van der Waals surface area (Å²) in [5.74, 6) is -1.23. The Balaban J connectivity index is 2.93. The number of nitrogen functional groups attached to an aromatic ring is 1. The van der Waals surface area contributed by atoms with Gasteiger partial charge in [0.15, 0.2) is 5.69 Å². The highest BCUT2D eigenvalue weighted by atomic mass is 79.9. The molecule has 0 bridgehead atoms. The number of aliphatic hydroxyl groups is 2. The summed E-state index contributed by atoms with van der Waals surface area (Å²) in [5, 5.41) is 28.6. The molecular weight excluding hydrogens is 292 g/mol. The number of hydrogen-bond acceptors (Lipinski definition) is 5. The fraction of sp³-hybridized carbons (Fsp3) is 0.400. The van der Waals surface area contributed by atoms with Crippen LogP contribution in [0, 0.1) is 0 Å². The number of carboxylic acids is 1. The van der Waals surface area contributed by atoms with Gasteiger partial charge in [-0.25, -0.2) is 9.78 Å². The molecule has 17 heavy (non-hydrogen) atoms. The average molecular weight is 305 g/mol. The van der Waals surface area contributed by atoms with Gasteiger partial charge in [0.2, 0.25) is 0 Å². The molecule has 5 N–H and O–H groups in total. The first-order valence-corrected chi connectivity index (χ1v) is 6.00. The highest BCUT2D eigenvalue weighted by Gasteiger charge is 2.20. The third-order valence-corrected chi connectivity index (χ3v) is 2.71. The van der Waals surface area contributed by atoms with E-state index in [1.807, 2.05) is 0 Å². The van der Waals surface area contributed by atoms with Crippen LogP contribution < -0.4 is 5.73 Å². The van der Waals surface area contributed by atoms with Crippen molar-refractivity contribution < 1.29 is 20.1 Å². The molecule has 1 heterocycles. The van der Waals surface area contributed by atoms with Crippen LogP contribution in [0.2, 0.25) is 0 Å². The molecule has 0 aromatic carbocycles. The van der Waals surface area contributed by atoms with Crippen LogP contribution in [0.15, 0.2) is 12.3 Å². The van der Waals surface area contributed by atoms with Crippen LogP contribution in [0.25, 0.3) is 0 Å². The lowest BCUT2D eigenvalue weighted by molar-refractivity contribution is 0.0172. The number of alkyl halides is 1. The summed E-state index contributed by atoms with van der Waals surface area (Å²) in [4.78, 5) is 14.3. The van der Waals surface area contributed by atoms with Crippen molar-refractivity contribution in [2.75, 3.05) is 11.1 Å². The number of nitrogens with two attached hydrogens (primary N) is 1. The maximum atomic E-state index is 10.7. The molecule has 0 aliphatic rings. The summed E-state index contributed by atoms with van der Waals surface area (Å²) in [6.07, 6.45) is -0.527. The molecule has 1 aromatic rings. The van der Waals surface area contributed by atoms with E-state index >= 15 is 0 Å². The zero-order valence-corrected chi connectivity index (χ0v) is 10.5. The van der Waals surface area contributed by atoms with E-state index < -0.39 is 18.2 Å². The number of pyridine rings is 1. The minimum absolute atomic E-state index is 0.0416. The van der Waals surface area contributed by atoms with Gasteiger partial charge in [-0.1, -0.05) is 15.9 Å². The lowest BCUT2D eigenvalue weighted by Crippen LogP contribution is -2.19. The van der Waals surface area contributed by atoms with Crippen molar-refractivity contribution in [3.63, 3.8) is 0 Å². The fourth-order valence-electron chi connectivity index (χ4n) is 1.33. The van der Waals surface area contributed by atoms with Gasteiger partial charge >= 0.3 is 5.97 Å². The van der Waals surface area contributed by atoms with Crippen LogP contribution in [0.4, 0.5) is 5.69 Å². The quantitative estimate of drug-likeness (QED) is 0.590. The fourth-order valence-corrected chi connectivity index (χ4v) is 1.80. The number of nitrogens with zero attached hydrogens (tertiary/aromatic N) is 1. The highest BCUT2D eigenvalue weighted by Crippen LogP contribution is 2.22. The van der Waals surface area contributed by atoms with Gasteiger partial charge in [-0.3, -0.25) is 0 Å². The van der Waals surface area contributed by atoms with Crippen LogP contribution >= 0.6 is 15.9 Å². The first-order chi connectivity index (χ1) is 7.97. The van der Waals surface area contributed by atoms with E-state index in [1.165, 1.54) is 12.3 Å². The average Bonchev–Trinajstić information content (AvgIpc) is 2.27. The number of anilines is 1. The molecule has 2 atom stereocenters. The van der Waals surface area contributed by atoms with Crippen molar-refractivity contribution in [3.05, 3.63) is 23.5 Å². The first kappa shape index (κ1) is 13.9. The largest absolute Gasteiger partial charge is 0.476 e. The number of aromatic nitrogens is 1. The van der Waals surface area contributed by atoms with Crippen molar-refractivity contribution in [2.24, 2.45) is 0 Å².